The lowest BCUT2D eigenvalue weighted by Gasteiger charge is -2.22. The second-order valence-corrected chi connectivity index (χ2v) is 5.46. The number of aliphatic carboxylic acids is 1. The molecule has 0 radical (unpaired) electrons. The third-order valence-electron chi connectivity index (χ3n) is 3.07. The van der Waals surface area contributed by atoms with Crippen LogP contribution in [0, 0.1) is 0 Å². The van der Waals surface area contributed by atoms with Crippen LogP contribution in [0.5, 0.6) is 0 Å². The number of carbonyl (C=O) groups is 1. The molecule has 0 saturated carbocycles. The lowest BCUT2D eigenvalue weighted by atomic mass is 10.2. The molecule has 0 amide bonds. The van der Waals surface area contributed by atoms with Crippen molar-refractivity contribution in [3.8, 4) is 11.3 Å². The maximum Gasteiger partial charge on any atom is 0.317 e. The third kappa shape index (κ3) is 4.31. The van der Waals surface area contributed by atoms with E-state index in [4.69, 9.17) is 21.1 Å². The first kappa shape index (κ1) is 15.5. The molecule has 1 aromatic carbocycles. The number of benzene rings is 1. The second kappa shape index (κ2) is 6.74. The molecule has 1 N–H and O–H groups in total. The molecule has 6 heteroatoms. The first-order chi connectivity index (χ1) is 9.95. The van der Waals surface area contributed by atoms with Crippen molar-refractivity contribution in [2.45, 2.75) is 26.4 Å². The number of hydrogen-bond acceptors (Lipinski definition) is 4. The van der Waals surface area contributed by atoms with Gasteiger partial charge in [-0.1, -0.05) is 23.7 Å². The van der Waals surface area contributed by atoms with E-state index in [0.717, 1.165) is 5.56 Å². The Bertz CT molecular complexity index is 625. The van der Waals surface area contributed by atoms with Crippen molar-refractivity contribution in [3.05, 3.63) is 41.4 Å². The molecule has 5 nitrogen and oxygen atoms in total. The Balaban J connectivity index is 2.14. The first-order valence-electron chi connectivity index (χ1n) is 6.62. The normalized spacial score (nSPS) is 11.3. The van der Waals surface area contributed by atoms with Crippen molar-refractivity contribution < 1.29 is 14.3 Å². The van der Waals surface area contributed by atoms with E-state index in [1.54, 1.807) is 23.2 Å². The number of carboxylic acids is 1. The zero-order chi connectivity index (χ0) is 15.4. The Hall–Kier alpha value is -1.85. The van der Waals surface area contributed by atoms with Gasteiger partial charge in [0.15, 0.2) is 5.76 Å². The van der Waals surface area contributed by atoms with Gasteiger partial charge in [0.05, 0.1) is 19.3 Å². The average molecular weight is 309 g/mol. The summed E-state index contributed by atoms with van der Waals surface area (Å²) in [5.74, 6) is 0.233. The average Bonchev–Trinajstić information content (AvgIpc) is 2.86. The number of oxazole rings is 1. The lowest BCUT2D eigenvalue weighted by molar-refractivity contribution is -0.139. The van der Waals surface area contributed by atoms with E-state index in [2.05, 4.69) is 4.98 Å². The number of halogens is 1. The highest BCUT2D eigenvalue weighted by Crippen LogP contribution is 2.24. The van der Waals surface area contributed by atoms with Crippen molar-refractivity contribution >= 4 is 17.6 Å². The van der Waals surface area contributed by atoms with E-state index < -0.39 is 5.97 Å². The largest absolute Gasteiger partial charge is 0.480 e. The number of rotatable bonds is 6. The fourth-order valence-electron chi connectivity index (χ4n) is 1.93. The minimum atomic E-state index is -0.870. The van der Waals surface area contributed by atoms with Gasteiger partial charge < -0.3 is 9.52 Å². The summed E-state index contributed by atoms with van der Waals surface area (Å²) in [6, 6.07) is 7.39. The molecule has 112 valence electrons. The smallest absolute Gasteiger partial charge is 0.317 e. The highest BCUT2D eigenvalue weighted by Gasteiger charge is 2.17. The SMILES string of the molecule is CC(C)N(CC(=O)O)Cc1ncc(-c2cccc(Cl)c2)o1. The minimum Gasteiger partial charge on any atom is -0.480 e. The Kier molecular flexibility index (Phi) is 4.98. The Morgan fingerprint density at radius 2 is 2.24 bits per heavy atom. The van der Waals surface area contributed by atoms with Crippen LogP contribution in [-0.4, -0.2) is 33.5 Å². The van der Waals surface area contributed by atoms with Gasteiger partial charge in [0.2, 0.25) is 5.89 Å². The van der Waals surface area contributed by atoms with Gasteiger partial charge in [-0.2, -0.15) is 0 Å². The zero-order valence-electron chi connectivity index (χ0n) is 11.9. The van der Waals surface area contributed by atoms with Gasteiger partial charge in [0, 0.05) is 16.6 Å². The molecule has 0 bridgehead atoms. The summed E-state index contributed by atoms with van der Waals surface area (Å²) in [6.45, 7) is 4.17. The molecular weight excluding hydrogens is 292 g/mol. The number of aromatic nitrogens is 1. The van der Waals surface area contributed by atoms with Crippen LogP contribution >= 0.6 is 11.6 Å². The van der Waals surface area contributed by atoms with Crippen LogP contribution in [0.2, 0.25) is 5.02 Å². The van der Waals surface area contributed by atoms with Crippen LogP contribution in [0.15, 0.2) is 34.9 Å². The summed E-state index contributed by atoms with van der Waals surface area (Å²) in [4.78, 5) is 16.8. The molecule has 21 heavy (non-hydrogen) atoms. The molecule has 0 aliphatic carbocycles. The molecule has 0 unspecified atom stereocenters. The maximum atomic E-state index is 10.9. The fraction of sp³-hybridized carbons (Fsp3) is 0.333. The summed E-state index contributed by atoms with van der Waals surface area (Å²) in [5, 5.41) is 9.54. The maximum absolute atomic E-state index is 10.9. The molecule has 0 spiro atoms. The molecule has 0 saturated heterocycles. The van der Waals surface area contributed by atoms with Gasteiger partial charge in [-0.25, -0.2) is 4.98 Å². The van der Waals surface area contributed by atoms with Crippen molar-refractivity contribution in [1.29, 1.82) is 0 Å². The predicted octanol–water partition coefficient (Wildman–Crippen LogP) is 3.29. The van der Waals surface area contributed by atoms with Crippen LogP contribution in [0.4, 0.5) is 0 Å². The fourth-order valence-corrected chi connectivity index (χ4v) is 2.12. The second-order valence-electron chi connectivity index (χ2n) is 5.02. The number of nitrogens with zero attached hydrogens (tertiary/aromatic N) is 2. The summed E-state index contributed by atoms with van der Waals surface area (Å²) >= 11 is 5.95. The van der Waals surface area contributed by atoms with Crippen molar-refractivity contribution in [3.63, 3.8) is 0 Å². The highest BCUT2D eigenvalue weighted by molar-refractivity contribution is 6.30. The molecule has 2 rings (SSSR count). The standard InChI is InChI=1S/C15H17ClN2O3/c1-10(2)18(9-15(19)20)8-14-17-7-13(21-14)11-4-3-5-12(16)6-11/h3-7,10H,8-9H2,1-2H3,(H,19,20). The van der Waals surface area contributed by atoms with Gasteiger partial charge in [0.25, 0.3) is 0 Å². The van der Waals surface area contributed by atoms with E-state index in [-0.39, 0.29) is 12.6 Å². The number of carboxylic acid groups (broad SMARTS) is 1. The van der Waals surface area contributed by atoms with Gasteiger partial charge in [-0.15, -0.1) is 0 Å². The summed E-state index contributed by atoms with van der Waals surface area (Å²) < 4.78 is 5.68. The van der Waals surface area contributed by atoms with Gasteiger partial charge in [-0.3, -0.25) is 9.69 Å². The molecule has 1 heterocycles. The van der Waals surface area contributed by atoms with E-state index in [9.17, 15) is 4.79 Å². The zero-order valence-corrected chi connectivity index (χ0v) is 12.7. The first-order valence-corrected chi connectivity index (χ1v) is 7.00. The molecule has 0 fully saturated rings. The Morgan fingerprint density at radius 3 is 2.86 bits per heavy atom. The van der Waals surface area contributed by atoms with Gasteiger partial charge >= 0.3 is 5.97 Å². The van der Waals surface area contributed by atoms with Gasteiger partial charge in [-0.05, 0) is 26.0 Å². The summed E-state index contributed by atoms with van der Waals surface area (Å²) in [7, 11) is 0. The van der Waals surface area contributed by atoms with E-state index in [1.165, 1.54) is 0 Å². The van der Waals surface area contributed by atoms with Crippen LogP contribution in [-0.2, 0) is 11.3 Å². The van der Waals surface area contributed by atoms with Crippen LogP contribution < -0.4 is 0 Å². The third-order valence-corrected chi connectivity index (χ3v) is 3.30. The molecule has 1 aromatic heterocycles. The molecule has 0 atom stereocenters. The van der Waals surface area contributed by atoms with E-state index in [0.29, 0.717) is 23.2 Å². The monoisotopic (exact) mass is 308 g/mol. The molecule has 2 aromatic rings. The molecular formula is C15H17ClN2O3. The van der Waals surface area contributed by atoms with Crippen LogP contribution in [0.1, 0.15) is 19.7 Å². The van der Waals surface area contributed by atoms with E-state index >= 15 is 0 Å². The highest BCUT2D eigenvalue weighted by atomic mass is 35.5. The summed E-state index contributed by atoms with van der Waals surface area (Å²) in [6.07, 6.45) is 1.63. The van der Waals surface area contributed by atoms with E-state index in [1.807, 2.05) is 26.0 Å². The Labute approximate surface area is 128 Å². The topological polar surface area (TPSA) is 66.6 Å². The Morgan fingerprint density at radius 1 is 1.48 bits per heavy atom. The van der Waals surface area contributed by atoms with Crippen LogP contribution in [0.3, 0.4) is 0 Å². The quantitative estimate of drug-likeness (QED) is 0.887. The number of hydrogen-bond donors (Lipinski definition) is 1. The predicted molar refractivity (Wildman–Crippen MR) is 80.1 cm³/mol. The minimum absolute atomic E-state index is 0.0491. The van der Waals surface area contributed by atoms with Crippen molar-refractivity contribution in [2.75, 3.05) is 6.54 Å². The lowest BCUT2D eigenvalue weighted by Crippen LogP contribution is -2.35. The van der Waals surface area contributed by atoms with Crippen molar-refractivity contribution in [2.24, 2.45) is 0 Å². The van der Waals surface area contributed by atoms with Gasteiger partial charge in [0.1, 0.15) is 0 Å². The molecule has 0 aliphatic rings. The molecule has 0 aliphatic heterocycles. The van der Waals surface area contributed by atoms with Crippen LogP contribution in [0.25, 0.3) is 11.3 Å². The van der Waals surface area contributed by atoms with Crippen molar-refractivity contribution in [1.82, 2.24) is 9.88 Å². The summed E-state index contributed by atoms with van der Waals surface area (Å²) in [5.41, 5.74) is 0.843.